The third-order valence-electron chi connectivity index (χ3n) is 5.51. The number of hydrogen-bond donors (Lipinski definition) is 1. The zero-order valence-electron chi connectivity index (χ0n) is 17.2. The Kier molecular flexibility index (Phi) is 5.47. The van der Waals surface area contributed by atoms with Crippen molar-refractivity contribution < 1.29 is 9.32 Å². The predicted molar refractivity (Wildman–Crippen MR) is 112 cm³/mol. The van der Waals surface area contributed by atoms with Crippen LogP contribution in [0.4, 0.5) is 5.82 Å². The van der Waals surface area contributed by atoms with Gasteiger partial charge in [-0.1, -0.05) is 41.9 Å². The third-order valence-corrected chi connectivity index (χ3v) is 5.51. The highest BCUT2D eigenvalue weighted by Gasteiger charge is 2.29. The molecule has 3 heterocycles. The van der Waals surface area contributed by atoms with Crippen molar-refractivity contribution in [2.24, 2.45) is 5.92 Å². The normalized spacial score (nSPS) is 16.9. The Morgan fingerprint density at radius 2 is 2.03 bits per heavy atom. The monoisotopic (exact) mass is 393 g/mol. The quantitative estimate of drug-likeness (QED) is 0.716. The molecule has 0 spiro atoms. The van der Waals surface area contributed by atoms with Gasteiger partial charge in [0, 0.05) is 19.6 Å². The van der Waals surface area contributed by atoms with Crippen LogP contribution in [0.1, 0.15) is 42.4 Å². The first-order chi connectivity index (χ1) is 14.0. The molecule has 4 rings (SSSR count). The fourth-order valence-electron chi connectivity index (χ4n) is 3.89. The molecule has 1 fully saturated rings. The molecular weight excluding hydrogens is 366 g/mol. The highest BCUT2D eigenvalue weighted by Crippen LogP contribution is 2.30. The lowest BCUT2D eigenvalue weighted by atomic mass is 9.96. The number of carbonyl (C=O) groups excluding carboxylic acids is 1. The summed E-state index contributed by atoms with van der Waals surface area (Å²) in [5, 5.41) is 8.12. The minimum absolute atomic E-state index is 0.0653. The number of aromatic nitrogens is 3. The summed E-state index contributed by atoms with van der Waals surface area (Å²) in [5.74, 6) is 1.52. The van der Waals surface area contributed by atoms with E-state index in [-0.39, 0.29) is 11.8 Å². The van der Waals surface area contributed by atoms with Crippen molar-refractivity contribution in [3.8, 4) is 0 Å². The van der Waals surface area contributed by atoms with Gasteiger partial charge in [-0.2, -0.15) is 4.98 Å². The molecule has 1 saturated heterocycles. The van der Waals surface area contributed by atoms with Gasteiger partial charge in [0.1, 0.15) is 17.0 Å². The molecule has 0 saturated carbocycles. The van der Waals surface area contributed by atoms with Crippen molar-refractivity contribution >= 4 is 22.8 Å². The number of nitrogens with zero attached hydrogens (tertiary/aromatic N) is 4. The molecule has 1 atom stereocenters. The smallest absolute Gasteiger partial charge is 0.263 e. The molecule has 3 aromatic rings. The largest absolute Gasteiger partial charge is 0.355 e. The van der Waals surface area contributed by atoms with E-state index in [1.165, 1.54) is 5.56 Å². The summed E-state index contributed by atoms with van der Waals surface area (Å²) in [7, 11) is 0. The minimum Gasteiger partial charge on any atom is -0.355 e. The Labute approximate surface area is 170 Å². The van der Waals surface area contributed by atoms with Crippen molar-refractivity contribution in [3.05, 3.63) is 46.9 Å². The van der Waals surface area contributed by atoms with Crippen molar-refractivity contribution in [2.75, 3.05) is 18.0 Å². The van der Waals surface area contributed by atoms with E-state index >= 15 is 0 Å². The van der Waals surface area contributed by atoms with Crippen molar-refractivity contribution in [1.29, 1.82) is 0 Å². The van der Waals surface area contributed by atoms with Gasteiger partial charge in [0.15, 0.2) is 0 Å². The second kappa shape index (κ2) is 8.19. The summed E-state index contributed by atoms with van der Waals surface area (Å²) in [6.45, 7) is 8.01. The van der Waals surface area contributed by atoms with Crippen LogP contribution in [-0.4, -0.2) is 34.1 Å². The van der Waals surface area contributed by atoms with Gasteiger partial charge in [0.05, 0.1) is 11.6 Å². The topological polar surface area (TPSA) is 84.2 Å². The molecule has 29 heavy (non-hydrogen) atoms. The summed E-state index contributed by atoms with van der Waals surface area (Å²) in [6, 6.07) is 8.25. The SMILES string of the molecule is CCc1noc2nc(C)nc(N3CCCC(C(=O)NCc4ccc(C)cc4)C3)c12. The van der Waals surface area contributed by atoms with Gasteiger partial charge in [0.25, 0.3) is 5.71 Å². The van der Waals surface area contributed by atoms with Crippen LogP contribution in [0.25, 0.3) is 11.1 Å². The van der Waals surface area contributed by atoms with Gasteiger partial charge in [-0.3, -0.25) is 4.79 Å². The van der Waals surface area contributed by atoms with E-state index in [1.807, 2.05) is 13.8 Å². The molecule has 1 amide bonds. The Hall–Kier alpha value is -2.96. The number of fused-ring (bicyclic) bond motifs is 1. The van der Waals surface area contributed by atoms with Crippen LogP contribution in [0.3, 0.4) is 0 Å². The summed E-state index contributed by atoms with van der Waals surface area (Å²) < 4.78 is 5.42. The number of anilines is 1. The molecule has 1 N–H and O–H groups in total. The molecule has 7 nitrogen and oxygen atoms in total. The molecule has 0 aliphatic carbocycles. The van der Waals surface area contributed by atoms with Crippen LogP contribution in [-0.2, 0) is 17.8 Å². The predicted octanol–water partition coefficient (Wildman–Crippen LogP) is 3.33. The number of carbonyl (C=O) groups is 1. The van der Waals surface area contributed by atoms with E-state index in [4.69, 9.17) is 4.52 Å². The van der Waals surface area contributed by atoms with E-state index in [9.17, 15) is 4.79 Å². The average Bonchev–Trinajstić information content (AvgIpc) is 3.15. The van der Waals surface area contributed by atoms with E-state index in [0.29, 0.717) is 24.6 Å². The third kappa shape index (κ3) is 4.09. The minimum atomic E-state index is -0.0653. The lowest BCUT2D eigenvalue weighted by Gasteiger charge is -2.33. The van der Waals surface area contributed by atoms with Gasteiger partial charge in [0.2, 0.25) is 5.91 Å². The highest BCUT2D eigenvalue weighted by molar-refractivity contribution is 5.89. The number of rotatable bonds is 5. The van der Waals surface area contributed by atoms with Crippen molar-refractivity contribution in [2.45, 2.75) is 46.6 Å². The average molecular weight is 393 g/mol. The summed E-state index contributed by atoms with van der Waals surface area (Å²) >= 11 is 0. The zero-order chi connectivity index (χ0) is 20.4. The summed E-state index contributed by atoms with van der Waals surface area (Å²) in [4.78, 5) is 24.1. The number of nitrogens with one attached hydrogen (secondary N) is 1. The van der Waals surface area contributed by atoms with Crippen LogP contribution in [0.2, 0.25) is 0 Å². The molecule has 7 heteroatoms. The molecular formula is C22H27N5O2. The summed E-state index contributed by atoms with van der Waals surface area (Å²) in [5.41, 5.74) is 3.72. The first-order valence-corrected chi connectivity index (χ1v) is 10.3. The number of benzene rings is 1. The molecule has 1 aliphatic heterocycles. The number of aryl methyl sites for hydroxylation is 3. The van der Waals surface area contributed by atoms with Crippen LogP contribution >= 0.6 is 0 Å². The maximum Gasteiger partial charge on any atom is 0.263 e. The van der Waals surface area contributed by atoms with Gasteiger partial charge >= 0.3 is 0 Å². The Balaban J connectivity index is 1.49. The van der Waals surface area contributed by atoms with Gasteiger partial charge in [-0.05, 0) is 38.7 Å². The molecule has 2 aromatic heterocycles. The van der Waals surface area contributed by atoms with E-state index in [1.54, 1.807) is 0 Å². The van der Waals surface area contributed by atoms with Gasteiger partial charge in [-0.25, -0.2) is 4.98 Å². The van der Waals surface area contributed by atoms with Gasteiger partial charge in [-0.15, -0.1) is 0 Å². The van der Waals surface area contributed by atoms with Crippen molar-refractivity contribution in [1.82, 2.24) is 20.4 Å². The van der Waals surface area contributed by atoms with Crippen LogP contribution < -0.4 is 10.2 Å². The molecule has 0 bridgehead atoms. The number of amides is 1. The molecule has 1 aromatic carbocycles. The Morgan fingerprint density at radius 3 is 2.79 bits per heavy atom. The zero-order valence-corrected chi connectivity index (χ0v) is 17.2. The second-order valence-electron chi connectivity index (χ2n) is 7.75. The molecule has 152 valence electrons. The fraction of sp³-hybridized carbons (Fsp3) is 0.455. The van der Waals surface area contributed by atoms with E-state index in [2.05, 4.69) is 56.5 Å². The lowest BCUT2D eigenvalue weighted by Crippen LogP contribution is -2.43. The van der Waals surface area contributed by atoms with Crippen molar-refractivity contribution in [3.63, 3.8) is 0 Å². The second-order valence-corrected chi connectivity index (χ2v) is 7.75. The van der Waals surface area contributed by atoms with Crippen LogP contribution in [0, 0.1) is 19.8 Å². The Morgan fingerprint density at radius 1 is 1.24 bits per heavy atom. The summed E-state index contributed by atoms with van der Waals surface area (Å²) in [6.07, 6.45) is 2.58. The van der Waals surface area contributed by atoms with Crippen LogP contribution in [0.5, 0.6) is 0 Å². The molecule has 0 radical (unpaired) electrons. The van der Waals surface area contributed by atoms with E-state index in [0.717, 1.165) is 48.3 Å². The standard InChI is InChI=1S/C22H27N5O2/c1-4-18-19-20(24-15(3)25-22(19)29-26-18)27-11-5-6-17(13-27)21(28)23-12-16-9-7-14(2)8-10-16/h7-10,17H,4-6,11-13H2,1-3H3,(H,23,28). The highest BCUT2D eigenvalue weighted by atomic mass is 16.5. The van der Waals surface area contributed by atoms with Gasteiger partial charge < -0.3 is 14.7 Å². The number of hydrogen-bond acceptors (Lipinski definition) is 6. The van der Waals surface area contributed by atoms with Crippen LogP contribution in [0.15, 0.2) is 28.8 Å². The lowest BCUT2D eigenvalue weighted by molar-refractivity contribution is -0.125. The maximum atomic E-state index is 12.8. The fourth-order valence-corrected chi connectivity index (χ4v) is 3.89. The maximum absolute atomic E-state index is 12.8. The number of piperidine rings is 1. The Bertz CT molecular complexity index is 1010. The first kappa shape index (κ1) is 19.4. The molecule has 1 aliphatic rings. The van der Waals surface area contributed by atoms with E-state index < -0.39 is 0 Å². The first-order valence-electron chi connectivity index (χ1n) is 10.3. The molecule has 1 unspecified atom stereocenters.